The normalized spacial score (nSPS) is 10.6. The second kappa shape index (κ2) is 7.64. The summed E-state index contributed by atoms with van der Waals surface area (Å²) in [4.78, 5) is 2.30. The van der Waals surface area contributed by atoms with E-state index in [9.17, 15) is 0 Å². The minimum atomic E-state index is 0.821. The van der Waals surface area contributed by atoms with Crippen molar-refractivity contribution in [2.24, 2.45) is 0 Å². The number of anilines is 1. The highest BCUT2D eigenvalue weighted by Gasteiger charge is 1.99. The molecule has 3 heteroatoms. The van der Waals surface area contributed by atoms with E-state index in [1.807, 2.05) is 12.1 Å². The highest BCUT2D eigenvalue weighted by atomic mass is 16.3. The first kappa shape index (κ1) is 13.7. The molecule has 0 radical (unpaired) electrons. The monoisotopic (exact) mass is 258 g/mol. The van der Waals surface area contributed by atoms with Gasteiger partial charge in [0.25, 0.3) is 0 Å². The Morgan fingerprint density at radius 1 is 1.05 bits per heavy atom. The number of rotatable bonds is 8. The molecule has 0 spiro atoms. The van der Waals surface area contributed by atoms with E-state index in [0.29, 0.717) is 0 Å². The van der Waals surface area contributed by atoms with E-state index >= 15 is 0 Å². The molecule has 0 atom stereocenters. The lowest BCUT2D eigenvalue weighted by Crippen LogP contribution is -2.20. The first-order valence-corrected chi connectivity index (χ1v) is 6.85. The fourth-order valence-corrected chi connectivity index (χ4v) is 2.04. The lowest BCUT2D eigenvalue weighted by Gasteiger charge is -2.19. The fourth-order valence-electron chi connectivity index (χ4n) is 2.04. The zero-order valence-corrected chi connectivity index (χ0v) is 11.5. The Morgan fingerprint density at radius 3 is 2.63 bits per heavy atom. The predicted molar refractivity (Wildman–Crippen MR) is 79.4 cm³/mol. The van der Waals surface area contributed by atoms with Gasteiger partial charge in [-0.3, -0.25) is 0 Å². The molecule has 1 aromatic heterocycles. The number of hydrogen-bond acceptors (Lipinski definition) is 3. The van der Waals surface area contributed by atoms with Crippen molar-refractivity contribution in [1.82, 2.24) is 5.32 Å². The first-order chi connectivity index (χ1) is 9.36. The highest BCUT2D eigenvalue weighted by molar-refractivity contribution is 5.44. The van der Waals surface area contributed by atoms with Crippen molar-refractivity contribution in [3.05, 3.63) is 54.5 Å². The zero-order chi connectivity index (χ0) is 13.3. The lowest BCUT2D eigenvalue weighted by molar-refractivity contribution is 0.479. The van der Waals surface area contributed by atoms with Crippen LogP contribution in [-0.4, -0.2) is 20.1 Å². The molecule has 1 heterocycles. The smallest absolute Gasteiger partial charge is 0.117 e. The largest absolute Gasteiger partial charge is 0.468 e. The van der Waals surface area contributed by atoms with Crippen LogP contribution in [0.3, 0.4) is 0 Å². The standard InChI is InChI=1S/C16H22N2O/c1-18(15-8-3-2-4-9-15)12-6-5-11-17-14-16-10-7-13-19-16/h2-4,7-10,13,17H,5-6,11-12,14H2,1H3. The van der Waals surface area contributed by atoms with E-state index in [1.165, 1.54) is 18.5 Å². The molecule has 2 aromatic rings. The molecule has 0 aliphatic heterocycles. The summed E-state index contributed by atoms with van der Waals surface area (Å²) in [7, 11) is 2.14. The van der Waals surface area contributed by atoms with Gasteiger partial charge < -0.3 is 14.6 Å². The maximum atomic E-state index is 5.27. The number of nitrogens with one attached hydrogen (secondary N) is 1. The lowest BCUT2D eigenvalue weighted by atomic mass is 10.2. The number of para-hydroxylation sites is 1. The Labute approximate surface area is 115 Å². The molecule has 0 unspecified atom stereocenters. The minimum absolute atomic E-state index is 0.821. The van der Waals surface area contributed by atoms with E-state index < -0.39 is 0 Å². The third kappa shape index (κ3) is 4.79. The van der Waals surface area contributed by atoms with Gasteiger partial charge in [-0.15, -0.1) is 0 Å². The van der Waals surface area contributed by atoms with Crippen LogP contribution in [0, 0.1) is 0 Å². The van der Waals surface area contributed by atoms with Gasteiger partial charge in [0.1, 0.15) is 5.76 Å². The second-order valence-corrected chi connectivity index (χ2v) is 4.72. The van der Waals surface area contributed by atoms with Gasteiger partial charge in [-0.05, 0) is 43.7 Å². The zero-order valence-electron chi connectivity index (χ0n) is 11.5. The average molecular weight is 258 g/mol. The summed E-state index contributed by atoms with van der Waals surface area (Å²) in [5.74, 6) is 1.00. The second-order valence-electron chi connectivity index (χ2n) is 4.72. The highest BCUT2D eigenvalue weighted by Crippen LogP contribution is 2.11. The molecular formula is C16H22N2O. The van der Waals surface area contributed by atoms with Crippen molar-refractivity contribution in [2.75, 3.05) is 25.0 Å². The van der Waals surface area contributed by atoms with Gasteiger partial charge in [0.05, 0.1) is 12.8 Å². The van der Waals surface area contributed by atoms with Crippen molar-refractivity contribution in [3.63, 3.8) is 0 Å². The van der Waals surface area contributed by atoms with Gasteiger partial charge in [-0.25, -0.2) is 0 Å². The number of unbranched alkanes of at least 4 members (excludes halogenated alkanes) is 1. The molecule has 1 aromatic carbocycles. The SMILES string of the molecule is CN(CCCCNCc1ccco1)c1ccccc1. The summed E-state index contributed by atoms with van der Waals surface area (Å²) >= 11 is 0. The molecular weight excluding hydrogens is 236 g/mol. The Balaban J connectivity index is 1.54. The average Bonchev–Trinajstić information content (AvgIpc) is 2.96. The molecule has 1 N–H and O–H groups in total. The Morgan fingerprint density at radius 2 is 1.89 bits per heavy atom. The Kier molecular flexibility index (Phi) is 5.50. The fraction of sp³-hybridized carbons (Fsp3) is 0.375. The molecule has 102 valence electrons. The van der Waals surface area contributed by atoms with Crippen LogP contribution < -0.4 is 10.2 Å². The maximum Gasteiger partial charge on any atom is 0.117 e. The van der Waals surface area contributed by atoms with Crippen molar-refractivity contribution in [3.8, 4) is 0 Å². The van der Waals surface area contributed by atoms with Crippen molar-refractivity contribution >= 4 is 5.69 Å². The van der Waals surface area contributed by atoms with Gasteiger partial charge in [0, 0.05) is 19.3 Å². The van der Waals surface area contributed by atoms with E-state index in [1.54, 1.807) is 6.26 Å². The summed E-state index contributed by atoms with van der Waals surface area (Å²) in [6.07, 6.45) is 4.08. The van der Waals surface area contributed by atoms with Crippen LogP contribution in [0.25, 0.3) is 0 Å². The van der Waals surface area contributed by atoms with Crippen molar-refractivity contribution in [2.45, 2.75) is 19.4 Å². The van der Waals surface area contributed by atoms with E-state index in [4.69, 9.17) is 4.42 Å². The van der Waals surface area contributed by atoms with Crippen molar-refractivity contribution < 1.29 is 4.42 Å². The van der Waals surface area contributed by atoms with Crippen LogP contribution in [0.5, 0.6) is 0 Å². The van der Waals surface area contributed by atoms with Crippen LogP contribution in [0.1, 0.15) is 18.6 Å². The Bertz CT molecular complexity index is 439. The topological polar surface area (TPSA) is 28.4 Å². The molecule has 0 bridgehead atoms. The summed E-state index contributed by atoms with van der Waals surface area (Å²) < 4.78 is 5.27. The minimum Gasteiger partial charge on any atom is -0.468 e. The molecule has 19 heavy (non-hydrogen) atoms. The van der Waals surface area contributed by atoms with Gasteiger partial charge in [0.15, 0.2) is 0 Å². The maximum absolute atomic E-state index is 5.27. The predicted octanol–water partition coefficient (Wildman–Crippen LogP) is 3.29. The van der Waals surface area contributed by atoms with Crippen LogP contribution in [-0.2, 0) is 6.54 Å². The first-order valence-electron chi connectivity index (χ1n) is 6.85. The summed E-state index contributed by atoms with van der Waals surface area (Å²) in [6, 6.07) is 14.4. The molecule has 0 saturated heterocycles. The van der Waals surface area contributed by atoms with E-state index in [0.717, 1.165) is 25.4 Å². The number of furan rings is 1. The van der Waals surface area contributed by atoms with Crippen LogP contribution in [0.4, 0.5) is 5.69 Å². The molecule has 0 fully saturated rings. The van der Waals surface area contributed by atoms with E-state index in [-0.39, 0.29) is 0 Å². The quantitative estimate of drug-likeness (QED) is 0.737. The molecule has 2 rings (SSSR count). The van der Waals surface area contributed by atoms with E-state index in [2.05, 4.69) is 47.6 Å². The van der Waals surface area contributed by atoms with Crippen LogP contribution in [0.2, 0.25) is 0 Å². The third-order valence-electron chi connectivity index (χ3n) is 3.17. The summed E-state index contributed by atoms with van der Waals surface area (Å²) in [5, 5.41) is 3.39. The number of benzene rings is 1. The van der Waals surface area contributed by atoms with Crippen molar-refractivity contribution in [1.29, 1.82) is 0 Å². The summed E-state index contributed by atoms with van der Waals surface area (Å²) in [6.45, 7) is 2.94. The summed E-state index contributed by atoms with van der Waals surface area (Å²) in [5.41, 5.74) is 1.28. The molecule has 0 aliphatic carbocycles. The molecule has 0 saturated carbocycles. The Hall–Kier alpha value is -1.74. The molecule has 0 aliphatic rings. The number of hydrogen-bond donors (Lipinski definition) is 1. The van der Waals surface area contributed by atoms with Gasteiger partial charge >= 0.3 is 0 Å². The van der Waals surface area contributed by atoms with Gasteiger partial charge in [-0.1, -0.05) is 18.2 Å². The van der Waals surface area contributed by atoms with Gasteiger partial charge in [-0.2, -0.15) is 0 Å². The third-order valence-corrected chi connectivity index (χ3v) is 3.17. The molecule has 3 nitrogen and oxygen atoms in total. The molecule has 0 amide bonds. The number of nitrogens with zero attached hydrogens (tertiary/aromatic N) is 1. The van der Waals surface area contributed by atoms with Crippen LogP contribution in [0.15, 0.2) is 53.1 Å². The van der Waals surface area contributed by atoms with Crippen LogP contribution >= 0.6 is 0 Å². The van der Waals surface area contributed by atoms with Gasteiger partial charge in [0.2, 0.25) is 0 Å².